The normalized spacial score (nSPS) is 19.1. The molecule has 4 aliphatic rings. The molecule has 0 spiro atoms. The number of ether oxygens (including phenoxy) is 3. The minimum atomic E-state index is -0.595. The van der Waals surface area contributed by atoms with Crippen LogP contribution in [0.5, 0.6) is 11.5 Å². The minimum Gasteiger partial charge on any atom is -0.457 e. The first-order valence-electron chi connectivity index (χ1n) is 21.6. The molecule has 6 heterocycles. The van der Waals surface area contributed by atoms with E-state index >= 15 is 0 Å². The fraction of sp³-hybridized carbons (Fsp3) is 0.435. The molecule has 3 saturated heterocycles. The first kappa shape index (κ1) is 40.5. The molecule has 0 radical (unpaired) electrons. The highest BCUT2D eigenvalue weighted by Crippen LogP contribution is 2.36. The highest BCUT2D eigenvalue weighted by atomic mass is 16.5. The van der Waals surface area contributed by atoms with E-state index in [0.29, 0.717) is 50.1 Å². The van der Waals surface area contributed by atoms with Gasteiger partial charge in [0, 0.05) is 69.1 Å². The molecule has 3 amide bonds. The Hall–Kier alpha value is -5.90. The molecule has 5 aromatic rings. The zero-order valence-corrected chi connectivity index (χ0v) is 34.4. The predicted molar refractivity (Wildman–Crippen MR) is 230 cm³/mol. The maximum absolute atomic E-state index is 13.1. The summed E-state index contributed by atoms with van der Waals surface area (Å²) in [5.41, 5.74) is 11.6. The maximum Gasteiger partial charge on any atom is 0.255 e. The number of nitrogen functional groups attached to an aromatic ring is 1. The number of imide groups is 1. The highest BCUT2D eigenvalue weighted by Gasteiger charge is 2.39. The number of benzene rings is 3. The van der Waals surface area contributed by atoms with Crippen molar-refractivity contribution < 1.29 is 28.6 Å². The number of carbonyl (C=O) groups is 3. The number of hydrogen-bond acceptors (Lipinski definition) is 12. The molecule has 15 heteroatoms. The minimum absolute atomic E-state index is 0.135. The van der Waals surface area contributed by atoms with Gasteiger partial charge in [-0.2, -0.15) is 5.10 Å². The lowest BCUT2D eigenvalue weighted by atomic mass is 9.93. The third-order valence-corrected chi connectivity index (χ3v) is 12.6. The number of para-hydroxylation sites is 1. The third-order valence-electron chi connectivity index (χ3n) is 12.6. The SMILES string of the molecule is Nc1ncnc2c1c(-c1ccc(Oc3ccccc3)cc1)nn2C1CCN(CCOCCOCCC2CCN(c3ccc4c(c3)CN(C3CCC(=O)NC3=O)C4=O)CC2)CC1. The lowest BCUT2D eigenvalue weighted by molar-refractivity contribution is -0.136. The van der Waals surface area contributed by atoms with Crippen LogP contribution in [0.15, 0.2) is 79.1 Å². The van der Waals surface area contributed by atoms with Gasteiger partial charge in [0.15, 0.2) is 5.65 Å². The van der Waals surface area contributed by atoms with Crippen molar-refractivity contribution in [2.45, 2.75) is 63.6 Å². The van der Waals surface area contributed by atoms with Gasteiger partial charge >= 0.3 is 0 Å². The van der Waals surface area contributed by atoms with Gasteiger partial charge in [-0.1, -0.05) is 18.2 Å². The van der Waals surface area contributed by atoms with Crippen LogP contribution in [0.2, 0.25) is 0 Å². The summed E-state index contributed by atoms with van der Waals surface area (Å²) < 4.78 is 20.0. The van der Waals surface area contributed by atoms with Crippen molar-refractivity contribution in [3.05, 3.63) is 90.3 Å². The van der Waals surface area contributed by atoms with Crippen LogP contribution in [-0.4, -0.2) is 112 Å². The number of hydrogen-bond donors (Lipinski definition) is 2. The zero-order valence-electron chi connectivity index (χ0n) is 34.4. The number of nitrogens with one attached hydrogen (secondary N) is 1. The third kappa shape index (κ3) is 9.09. The molecule has 2 aromatic heterocycles. The number of nitrogens with two attached hydrogens (primary N) is 1. The van der Waals surface area contributed by atoms with Crippen molar-refractivity contribution in [3.8, 4) is 22.8 Å². The Bertz CT molecular complexity index is 2340. The van der Waals surface area contributed by atoms with Crippen LogP contribution in [0.25, 0.3) is 22.3 Å². The van der Waals surface area contributed by atoms with Crippen LogP contribution < -0.4 is 20.7 Å². The van der Waals surface area contributed by atoms with Crippen LogP contribution in [0.1, 0.15) is 66.9 Å². The van der Waals surface area contributed by atoms with Gasteiger partial charge < -0.3 is 34.6 Å². The molecular weight excluding hydrogens is 775 g/mol. The average Bonchev–Trinajstić information content (AvgIpc) is 3.84. The van der Waals surface area contributed by atoms with Gasteiger partial charge in [0.1, 0.15) is 35.4 Å². The monoisotopic (exact) mass is 827 g/mol. The Morgan fingerprint density at radius 3 is 2.31 bits per heavy atom. The summed E-state index contributed by atoms with van der Waals surface area (Å²) >= 11 is 0. The summed E-state index contributed by atoms with van der Waals surface area (Å²) in [5.74, 6) is 1.77. The van der Waals surface area contributed by atoms with Crippen molar-refractivity contribution in [1.82, 2.24) is 34.9 Å². The molecule has 3 fully saturated rings. The quantitative estimate of drug-likeness (QED) is 0.0991. The topological polar surface area (TPSA) is 170 Å². The zero-order chi connectivity index (χ0) is 41.7. The van der Waals surface area contributed by atoms with Gasteiger partial charge in [0.25, 0.3) is 5.91 Å². The van der Waals surface area contributed by atoms with E-state index in [-0.39, 0.29) is 30.2 Å². The molecule has 1 unspecified atom stereocenters. The number of anilines is 2. The molecule has 4 aliphatic heterocycles. The lowest BCUT2D eigenvalue weighted by Crippen LogP contribution is -2.52. The summed E-state index contributed by atoms with van der Waals surface area (Å²) in [7, 11) is 0. The van der Waals surface area contributed by atoms with Crippen molar-refractivity contribution in [2.24, 2.45) is 5.92 Å². The van der Waals surface area contributed by atoms with Gasteiger partial charge in [-0.25, -0.2) is 14.6 Å². The van der Waals surface area contributed by atoms with E-state index in [0.717, 1.165) is 116 Å². The largest absolute Gasteiger partial charge is 0.457 e. The second kappa shape index (κ2) is 18.4. The summed E-state index contributed by atoms with van der Waals surface area (Å²) in [6.45, 7) is 7.65. The van der Waals surface area contributed by atoms with Crippen molar-refractivity contribution in [3.63, 3.8) is 0 Å². The molecule has 0 saturated carbocycles. The second-order valence-corrected chi connectivity index (χ2v) is 16.4. The van der Waals surface area contributed by atoms with Crippen LogP contribution >= 0.6 is 0 Å². The Morgan fingerprint density at radius 2 is 1.54 bits per heavy atom. The molecule has 61 heavy (non-hydrogen) atoms. The smallest absolute Gasteiger partial charge is 0.255 e. The number of rotatable bonds is 15. The fourth-order valence-electron chi connectivity index (χ4n) is 9.15. The van der Waals surface area contributed by atoms with Gasteiger partial charge in [-0.05, 0) is 105 Å². The van der Waals surface area contributed by atoms with Gasteiger partial charge in [0.2, 0.25) is 11.8 Å². The van der Waals surface area contributed by atoms with Gasteiger partial charge in [-0.3, -0.25) is 19.7 Å². The Kier molecular flexibility index (Phi) is 12.2. The first-order valence-corrected chi connectivity index (χ1v) is 21.6. The summed E-state index contributed by atoms with van der Waals surface area (Å²) in [6, 6.07) is 23.2. The Morgan fingerprint density at radius 1 is 0.787 bits per heavy atom. The number of piperidine rings is 3. The number of nitrogens with zero attached hydrogens (tertiary/aromatic N) is 7. The number of aromatic nitrogens is 4. The molecular formula is C46H53N9O6. The van der Waals surface area contributed by atoms with E-state index in [9.17, 15) is 14.4 Å². The summed E-state index contributed by atoms with van der Waals surface area (Å²) in [4.78, 5) is 52.5. The molecule has 15 nitrogen and oxygen atoms in total. The van der Waals surface area contributed by atoms with Gasteiger partial charge in [-0.15, -0.1) is 0 Å². The summed E-state index contributed by atoms with van der Waals surface area (Å²) in [5, 5.41) is 8.23. The van der Waals surface area contributed by atoms with Crippen LogP contribution in [0, 0.1) is 5.92 Å². The van der Waals surface area contributed by atoms with E-state index in [4.69, 9.17) is 25.0 Å². The first-order chi connectivity index (χ1) is 29.9. The van der Waals surface area contributed by atoms with E-state index in [1.807, 2.05) is 71.4 Å². The predicted octanol–water partition coefficient (Wildman–Crippen LogP) is 5.61. The van der Waals surface area contributed by atoms with Crippen LogP contribution in [0.3, 0.4) is 0 Å². The second-order valence-electron chi connectivity index (χ2n) is 16.4. The molecule has 3 N–H and O–H groups in total. The molecule has 318 valence electrons. The van der Waals surface area contributed by atoms with E-state index in [2.05, 4.69) is 31.2 Å². The standard InChI is InChI=1S/C46H53N9O6/c47-43-41-42(32-6-9-37(10-7-32)61-36-4-2-1-3-5-36)51-55(44(41)49-30-48-43)34-16-19-52(20-17-34)23-25-60-27-26-59-24-18-31-14-21-53(22-15-31)35-8-11-38-33(28-35)29-54(46(38)58)39-12-13-40(56)50-45(39)57/h1-11,28,30-31,34,39H,12-27,29H2,(H2,47,48,49)(H,50,56,57). The van der Waals surface area contributed by atoms with E-state index < -0.39 is 6.04 Å². The number of amides is 3. The molecule has 9 rings (SSSR count). The fourth-order valence-corrected chi connectivity index (χ4v) is 9.15. The number of fused-ring (bicyclic) bond motifs is 2. The number of carbonyl (C=O) groups excluding carboxylic acids is 3. The van der Waals surface area contributed by atoms with Crippen molar-refractivity contribution in [2.75, 3.05) is 69.8 Å². The molecule has 0 aliphatic carbocycles. The Labute approximate surface area is 355 Å². The van der Waals surface area contributed by atoms with Crippen molar-refractivity contribution >= 4 is 40.3 Å². The van der Waals surface area contributed by atoms with Gasteiger partial charge in [0.05, 0.1) is 31.2 Å². The number of likely N-dealkylation sites (tertiary alicyclic amines) is 1. The maximum atomic E-state index is 13.1. The molecule has 1 atom stereocenters. The summed E-state index contributed by atoms with van der Waals surface area (Å²) in [6.07, 6.45) is 7.25. The molecule has 0 bridgehead atoms. The lowest BCUT2D eigenvalue weighted by Gasteiger charge is -2.34. The average molecular weight is 828 g/mol. The van der Waals surface area contributed by atoms with Crippen LogP contribution in [-0.2, 0) is 25.6 Å². The van der Waals surface area contributed by atoms with E-state index in [1.54, 1.807) is 4.90 Å². The highest BCUT2D eigenvalue weighted by molar-refractivity contribution is 6.05. The molecule has 3 aromatic carbocycles. The Balaban J connectivity index is 0.661. The van der Waals surface area contributed by atoms with E-state index in [1.165, 1.54) is 6.33 Å². The van der Waals surface area contributed by atoms with Crippen molar-refractivity contribution in [1.29, 1.82) is 0 Å². The van der Waals surface area contributed by atoms with Crippen LogP contribution in [0.4, 0.5) is 11.5 Å².